The van der Waals surface area contributed by atoms with Crippen LogP contribution < -0.4 is 21.1 Å². The Balaban J connectivity index is 2.68. The topological polar surface area (TPSA) is 140 Å². The summed E-state index contributed by atoms with van der Waals surface area (Å²) in [6.07, 6.45) is 0. The van der Waals surface area contributed by atoms with Crippen LogP contribution in [0.5, 0.6) is 0 Å². The Kier molecular flexibility index (Phi) is 6.94. The van der Waals surface area contributed by atoms with Gasteiger partial charge in [0.15, 0.2) is 0 Å². The van der Waals surface area contributed by atoms with Gasteiger partial charge < -0.3 is 21.1 Å². The van der Waals surface area contributed by atoms with Crippen LogP contribution in [0.2, 0.25) is 0 Å². The highest BCUT2D eigenvalue weighted by Gasteiger charge is 2.17. The zero-order valence-corrected chi connectivity index (χ0v) is 13.6. The van der Waals surface area contributed by atoms with E-state index in [1.54, 1.807) is 6.92 Å². The lowest BCUT2D eigenvalue weighted by molar-refractivity contribution is -0.115. The van der Waals surface area contributed by atoms with Gasteiger partial charge >= 0.3 is 6.03 Å². The van der Waals surface area contributed by atoms with Gasteiger partial charge in [-0.1, -0.05) is 0 Å². The van der Waals surface area contributed by atoms with Crippen LogP contribution in [-0.2, 0) is 19.6 Å². The van der Waals surface area contributed by atoms with Crippen molar-refractivity contribution >= 4 is 27.6 Å². The van der Waals surface area contributed by atoms with Crippen LogP contribution in [0.25, 0.3) is 0 Å². The second-order valence-electron chi connectivity index (χ2n) is 4.77. The number of carbonyl (C=O) groups excluding carboxylic acids is 2. The summed E-state index contributed by atoms with van der Waals surface area (Å²) in [4.78, 5) is 22.0. The molecular weight excluding hydrogens is 324 g/mol. The quantitative estimate of drug-likeness (QED) is 0.508. The van der Waals surface area contributed by atoms with E-state index in [9.17, 15) is 18.0 Å². The van der Waals surface area contributed by atoms with Crippen molar-refractivity contribution in [3.63, 3.8) is 0 Å². The zero-order chi connectivity index (χ0) is 17.5. The van der Waals surface area contributed by atoms with E-state index in [0.29, 0.717) is 5.69 Å². The van der Waals surface area contributed by atoms with Crippen LogP contribution in [-0.4, -0.2) is 46.7 Å². The normalized spacial score (nSPS) is 12.4. The summed E-state index contributed by atoms with van der Waals surface area (Å²) in [6.45, 7) is 1.66. The lowest BCUT2D eigenvalue weighted by Gasteiger charge is -2.13. The van der Waals surface area contributed by atoms with Gasteiger partial charge in [-0.15, -0.1) is 0 Å². The number of hydrogen-bond acceptors (Lipinski definition) is 5. The number of hydrogen-bond donors (Lipinski definition) is 4. The Labute approximate surface area is 134 Å². The van der Waals surface area contributed by atoms with E-state index < -0.39 is 22.0 Å². The van der Waals surface area contributed by atoms with E-state index in [1.165, 1.54) is 31.4 Å². The standard InChI is InChI=1S/C13H20N4O5S/c1-9(8-22-2)17-23(20,21)11-5-3-10(4-6-11)16-12(18)7-15-13(14)19/h3-6,9,17H,7-8H2,1-2H3,(H,16,18)(H3,14,15,19)/t9-/m0/s1. The number of amides is 3. The molecule has 0 aliphatic carbocycles. The van der Waals surface area contributed by atoms with Crippen molar-refractivity contribution in [2.75, 3.05) is 25.6 Å². The molecule has 128 valence electrons. The molecule has 0 heterocycles. The van der Waals surface area contributed by atoms with Crippen LogP contribution in [0.1, 0.15) is 6.92 Å². The number of primary amides is 1. The fourth-order valence-corrected chi connectivity index (χ4v) is 2.94. The lowest BCUT2D eigenvalue weighted by Crippen LogP contribution is -2.36. The van der Waals surface area contributed by atoms with E-state index in [4.69, 9.17) is 10.5 Å². The molecule has 0 radical (unpaired) electrons. The highest BCUT2D eigenvalue weighted by molar-refractivity contribution is 7.89. The first-order valence-electron chi connectivity index (χ1n) is 6.69. The summed E-state index contributed by atoms with van der Waals surface area (Å²) in [5.74, 6) is -0.480. The van der Waals surface area contributed by atoms with Crippen LogP contribution in [0.3, 0.4) is 0 Å². The number of ether oxygens (including phenoxy) is 1. The van der Waals surface area contributed by atoms with Gasteiger partial charge in [-0.2, -0.15) is 0 Å². The number of anilines is 1. The van der Waals surface area contributed by atoms with Crippen molar-refractivity contribution in [1.82, 2.24) is 10.0 Å². The number of benzene rings is 1. The van der Waals surface area contributed by atoms with E-state index in [2.05, 4.69) is 15.4 Å². The highest BCUT2D eigenvalue weighted by atomic mass is 32.2. The summed E-state index contributed by atoms with van der Waals surface area (Å²) >= 11 is 0. The van der Waals surface area contributed by atoms with Crippen LogP contribution in [0.15, 0.2) is 29.2 Å². The number of sulfonamides is 1. The molecule has 0 bridgehead atoms. The molecule has 1 aromatic rings. The molecule has 1 atom stereocenters. The van der Waals surface area contributed by atoms with Gasteiger partial charge in [0, 0.05) is 18.8 Å². The average Bonchev–Trinajstić information content (AvgIpc) is 2.45. The molecule has 0 aliphatic rings. The minimum atomic E-state index is -3.66. The van der Waals surface area contributed by atoms with Crippen LogP contribution in [0, 0.1) is 0 Å². The van der Waals surface area contributed by atoms with Gasteiger partial charge in [0.2, 0.25) is 15.9 Å². The molecule has 0 fully saturated rings. The predicted molar refractivity (Wildman–Crippen MR) is 84.3 cm³/mol. The first-order chi connectivity index (χ1) is 10.7. The predicted octanol–water partition coefficient (Wildman–Crippen LogP) is -0.393. The fourth-order valence-electron chi connectivity index (χ4n) is 1.71. The molecule has 0 aromatic heterocycles. The van der Waals surface area contributed by atoms with Crippen molar-refractivity contribution in [3.05, 3.63) is 24.3 Å². The summed E-state index contributed by atoms with van der Waals surface area (Å²) in [5, 5.41) is 4.64. The maximum absolute atomic E-state index is 12.1. The Hall–Kier alpha value is -2.17. The van der Waals surface area contributed by atoms with Gasteiger partial charge in [0.05, 0.1) is 18.0 Å². The minimum absolute atomic E-state index is 0.0636. The van der Waals surface area contributed by atoms with Crippen molar-refractivity contribution in [3.8, 4) is 0 Å². The first kappa shape index (κ1) is 18.9. The molecule has 0 aliphatic heterocycles. The van der Waals surface area contributed by atoms with E-state index >= 15 is 0 Å². The van der Waals surface area contributed by atoms with Gasteiger partial charge in [-0.05, 0) is 31.2 Å². The molecule has 5 N–H and O–H groups in total. The molecular formula is C13H20N4O5S. The molecule has 0 unspecified atom stereocenters. The van der Waals surface area contributed by atoms with Gasteiger partial charge in [0.25, 0.3) is 0 Å². The Morgan fingerprint density at radius 2 is 1.87 bits per heavy atom. The van der Waals surface area contributed by atoms with Gasteiger partial charge in [-0.3, -0.25) is 4.79 Å². The second kappa shape index (κ2) is 8.46. The Bertz CT molecular complexity index is 645. The summed E-state index contributed by atoms with van der Waals surface area (Å²) in [7, 11) is -2.18. The molecule has 3 amide bonds. The summed E-state index contributed by atoms with van der Waals surface area (Å²) < 4.78 is 31.6. The van der Waals surface area contributed by atoms with E-state index in [1.807, 2.05) is 0 Å². The van der Waals surface area contributed by atoms with Crippen molar-refractivity contribution in [2.24, 2.45) is 5.73 Å². The largest absolute Gasteiger partial charge is 0.383 e. The third-order valence-corrected chi connectivity index (χ3v) is 4.25. The molecule has 1 rings (SSSR count). The molecule has 23 heavy (non-hydrogen) atoms. The third kappa shape index (κ3) is 6.63. The highest BCUT2D eigenvalue weighted by Crippen LogP contribution is 2.14. The molecule has 1 aromatic carbocycles. The van der Waals surface area contributed by atoms with Crippen molar-refractivity contribution in [1.29, 1.82) is 0 Å². The number of rotatable bonds is 8. The minimum Gasteiger partial charge on any atom is -0.383 e. The molecule has 0 spiro atoms. The number of nitrogens with two attached hydrogens (primary N) is 1. The van der Waals surface area contributed by atoms with Gasteiger partial charge in [0.1, 0.15) is 0 Å². The average molecular weight is 344 g/mol. The maximum Gasteiger partial charge on any atom is 0.312 e. The fraction of sp³-hybridized carbons (Fsp3) is 0.385. The zero-order valence-electron chi connectivity index (χ0n) is 12.8. The molecule has 0 saturated carbocycles. The van der Waals surface area contributed by atoms with E-state index in [-0.39, 0.29) is 24.1 Å². The third-order valence-electron chi connectivity index (χ3n) is 2.64. The summed E-state index contributed by atoms with van der Waals surface area (Å²) in [5.41, 5.74) is 5.24. The smallest absolute Gasteiger partial charge is 0.312 e. The molecule has 9 nitrogen and oxygen atoms in total. The SMILES string of the molecule is COC[C@H](C)NS(=O)(=O)c1ccc(NC(=O)CNC(N)=O)cc1. The first-order valence-corrected chi connectivity index (χ1v) is 8.17. The number of carbonyl (C=O) groups is 2. The number of nitrogens with one attached hydrogen (secondary N) is 3. The van der Waals surface area contributed by atoms with Crippen LogP contribution >= 0.6 is 0 Å². The Morgan fingerprint density at radius 3 is 2.39 bits per heavy atom. The number of methoxy groups -OCH3 is 1. The monoisotopic (exact) mass is 344 g/mol. The van der Waals surface area contributed by atoms with Crippen molar-refractivity contribution in [2.45, 2.75) is 17.9 Å². The number of urea groups is 1. The summed E-state index contributed by atoms with van der Waals surface area (Å²) in [6, 6.07) is 4.43. The molecule has 10 heteroatoms. The molecule has 0 saturated heterocycles. The second-order valence-corrected chi connectivity index (χ2v) is 6.48. The van der Waals surface area contributed by atoms with Gasteiger partial charge in [-0.25, -0.2) is 17.9 Å². The maximum atomic E-state index is 12.1. The van der Waals surface area contributed by atoms with E-state index in [0.717, 1.165) is 0 Å². The van der Waals surface area contributed by atoms with Crippen molar-refractivity contribution < 1.29 is 22.7 Å². The Morgan fingerprint density at radius 1 is 1.26 bits per heavy atom. The lowest BCUT2D eigenvalue weighted by atomic mass is 10.3. The van der Waals surface area contributed by atoms with Crippen LogP contribution in [0.4, 0.5) is 10.5 Å².